The third-order valence-corrected chi connectivity index (χ3v) is 7.42. The summed E-state index contributed by atoms with van der Waals surface area (Å²) < 4.78 is 33.9. The number of halogens is 1. The molecule has 38 heavy (non-hydrogen) atoms. The summed E-state index contributed by atoms with van der Waals surface area (Å²) in [6.45, 7) is 0.961. The average Bonchev–Trinajstić information content (AvgIpc) is 3.56. The van der Waals surface area contributed by atoms with E-state index in [-0.39, 0.29) is 19.4 Å². The van der Waals surface area contributed by atoms with Gasteiger partial charge in [0.15, 0.2) is 23.0 Å². The number of carbonyl (C=O) groups is 1. The molecule has 196 valence electrons. The van der Waals surface area contributed by atoms with Crippen LogP contribution >= 0.6 is 11.6 Å². The molecular weight excluding hydrogens is 510 g/mol. The Morgan fingerprint density at radius 2 is 1.61 bits per heavy atom. The van der Waals surface area contributed by atoms with Gasteiger partial charge in [-0.15, -0.1) is 0 Å². The molecule has 0 saturated heterocycles. The molecule has 0 bridgehead atoms. The maximum atomic E-state index is 13.3. The van der Waals surface area contributed by atoms with E-state index in [2.05, 4.69) is 4.90 Å². The van der Waals surface area contributed by atoms with Crippen LogP contribution in [0.3, 0.4) is 0 Å². The molecule has 3 heterocycles. The fourth-order valence-corrected chi connectivity index (χ4v) is 5.52. The first kappa shape index (κ1) is 24.3. The van der Waals surface area contributed by atoms with Crippen molar-refractivity contribution in [2.45, 2.75) is 12.3 Å². The Kier molecular flexibility index (Phi) is 6.19. The largest absolute Gasteiger partial charge is 0.493 e. The lowest BCUT2D eigenvalue weighted by molar-refractivity contribution is -0.136. The molecule has 3 aliphatic rings. The van der Waals surface area contributed by atoms with Crippen molar-refractivity contribution < 1.29 is 33.2 Å². The monoisotopic (exact) mass is 535 g/mol. The van der Waals surface area contributed by atoms with Crippen molar-refractivity contribution in [3.05, 3.63) is 81.5 Å². The highest BCUT2D eigenvalue weighted by molar-refractivity contribution is 6.30. The number of nitrogens with zero attached hydrogens (tertiary/aromatic N) is 1. The highest BCUT2D eigenvalue weighted by atomic mass is 35.5. The topological polar surface area (TPSA) is 75.7 Å². The normalized spacial score (nSPS) is 17.2. The number of esters is 1. The number of benzene rings is 3. The van der Waals surface area contributed by atoms with Gasteiger partial charge in [-0.1, -0.05) is 23.7 Å². The second-order valence-corrected chi connectivity index (χ2v) is 9.56. The van der Waals surface area contributed by atoms with Crippen molar-refractivity contribution in [2.24, 2.45) is 0 Å². The molecule has 3 aliphatic heterocycles. The maximum Gasteiger partial charge on any atom is 0.337 e. The van der Waals surface area contributed by atoms with Gasteiger partial charge in [0.05, 0.1) is 32.6 Å². The van der Waals surface area contributed by atoms with Gasteiger partial charge in [-0.3, -0.25) is 0 Å². The molecule has 1 atom stereocenters. The van der Waals surface area contributed by atoms with Crippen LogP contribution in [-0.4, -0.2) is 47.2 Å². The van der Waals surface area contributed by atoms with Crippen LogP contribution in [0.15, 0.2) is 59.8 Å². The molecular formula is C29H26ClNO7. The maximum absolute atomic E-state index is 13.3. The van der Waals surface area contributed by atoms with E-state index in [1.165, 1.54) is 0 Å². The summed E-state index contributed by atoms with van der Waals surface area (Å²) >= 11 is 6.08. The Balaban J connectivity index is 1.51. The molecule has 8 nitrogen and oxygen atoms in total. The molecule has 0 aromatic heterocycles. The number of ether oxygens (including phenoxy) is 6. The lowest BCUT2D eigenvalue weighted by Gasteiger charge is -2.36. The smallest absolute Gasteiger partial charge is 0.337 e. The lowest BCUT2D eigenvalue weighted by atomic mass is 9.80. The second-order valence-electron chi connectivity index (χ2n) is 9.12. The van der Waals surface area contributed by atoms with Crippen molar-refractivity contribution in [1.82, 2.24) is 0 Å². The van der Waals surface area contributed by atoms with E-state index in [0.29, 0.717) is 45.9 Å². The third-order valence-electron chi connectivity index (χ3n) is 7.17. The molecule has 0 amide bonds. The first-order chi connectivity index (χ1) is 18.5. The summed E-state index contributed by atoms with van der Waals surface area (Å²) in [5, 5.41) is 0.692. The molecule has 0 fully saturated rings. The fourth-order valence-electron chi connectivity index (χ4n) is 5.39. The molecule has 3 aromatic carbocycles. The van der Waals surface area contributed by atoms with Crippen LogP contribution in [-0.2, 0) is 16.0 Å². The van der Waals surface area contributed by atoms with Gasteiger partial charge in [0.1, 0.15) is 6.61 Å². The van der Waals surface area contributed by atoms with Gasteiger partial charge in [0, 0.05) is 29.2 Å². The highest BCUT2D eigenvalue weighted by Crippen LogP contribution is 2.53. The van der Waals surface area contributed by atoms with E-state index in [1.54, 1.807) is 21.3 Å². The standard InChI is InChI=1S/C29H26ClNO7/c1-33-24-10-17(11-25(34-2)28(24)35-3)26-19-12-22-23(38-15-37-22)13-20(19)31(21-14-36-29(32)27(21)26)9-8-16-4-6-18(30)7-5-16/h4-7,10-13,26H,8-9,14-15H2,1-3H3. The van der Waals surface area contributed by atoms with Gasteiger partial charge in [-0.05, 0) is 53.4 Å². The number of hydrogen-bond acceptors (Lipinski definition) is 8. The SMILES string of the molecule is COc1cc(C2C3=C(COC3=O)N(CCc3ccc(Cl)cc3)c3cc4c(cc32)OCO4)cc(OC)c1OC. The van der Waals surface area contributed by atoms with E-state index in [9.17, 15) is 4.79 Å². The van der Waals surface area contributed by atoms with Crippen molar-refractivity contribution >= 4 is 23.3 Å². The van der Waals surface area contributed by atoms with Crippen molar-refractivity contribution in [1.29, 1.82) is 0 Å². The van der Waals surface area contributed by atoms with Gasteiger partial charge in [-0.2, -0.15) is 0 Å². The molecule has 0 saturated carbocycles. The predicted molar refractivity (Wildman–Crippen MR) is 141 cm³/mol. The Morgan fingerprint density at radius 1 is 0.921 bits per heavy atom. The van der Waals surface area contributed by atoms with Crippen LogP contribution in [0.1, 0.15) is 22.6 Å². The molecule has 1 unspecified atom stereocenters. The Labute approximate surface area is 225 Å². The number of anilines is 1. The van der Waals surface area contributed by atoms with Gasteiger partial charge in [0.2, 0.25) is 12.5 Å². The van der Waals surface area contributed by atoms with Crippen molar-refractivity contribution in [3.8, 4) is 28.7 Å². The minimum atomic E-state index is -0.440. The Morgan fingerprint density at radius 3 is 2.26 bits per heavy atom. The van der Waals surface area contributed by atoms with E-state index < -0.39 is 5.92 Å². The minimum Gasteiger partial charge on any atom is -0.493 e. The number of carbonyl (C=O) groups excluding carboxylic acids is 1. The van der Waals surface area contributed by atoms with Gasteiger partial charge in [-0.25, -0.2) is 4.79 Å². The Hall–Kier alpha value is -4.04. The minimum absolute atomic E-state index is 0.146. The fraction of sp³-hybridized carbons (Fsp3) is 0.276. The number of rotatable bonds is 7. The molecule has 0 radical (unpaired) electrons. The highest BCUT2D eigenvalue weighted by Gasteiger charge is 2.43. The van der Waals surface area contributed by atoms with E-state index >= 15 is 0 Å². The van der Waals surface area contributed by atoms with Crippen molar-refractivity contribution in [3.63, 3.8) is 0 Å². The summed E-state index contributed by atoms with van der Waals surface area (Å²) in [7, 11) is 4.70. The van der Waals surface area contributed by atoms with Crippen LogP contribution in [0.5, 0.6) is 28.7 Å². The summed E-state index contributed by atoms with van der Waals surface area (Å²) in [5.41, 5.74) is 5.19. The molecule has 3 aromatic rings. The summed E-state index contributed by atoms with van der Waals surface area (Å²) in [5.74, 6) is 2.00. The first-order valence-corrected chi connectivity index (χ1v) is 12.6. The predicted octanol–water partition coefficient (Wildman–Crippen LogP) is 5.10. The summed E-state index contributed by atoms with van der Waals surface area (Å²) in [6.07, 6.45) is 0.741. The average molecular weight is 536 g/mol. The molecule has 0 N–H and O–H groups in total. The first-order valence-electron chi connectivity index (χ1n) is 12.2. The molecule has 0 spiro atoms. The van der Waals surface area contributed by atoms with Crippen LogP contribution in [0.2, 0.25) is 5.02 Å². The number of cyclic esters (lactones) is 1. The molecule has 0 aliphatic carbocycles. The van der Waals surface area contributed by atoms with E-state index in [4.69, 9.17) is 40.0 Å². The number of methoxy groups -OCH3 is 3. The molecule has 9 heteroatoms. The van der Waals surface area contributed by atoms with Crippen LogP contribution < -0.4 is 28.6 Å². The summed E-state index contributed by atoms with van der Waals surface area (Å²) in [4.78, 5) is 15.4. The van der Waals surface area contributed by atoms with Crippen LogP contribution in [0.4, 0.5) is 5.69 Å². The quantitative estimate of drug-likeness (QED) is 0.387. The zero-order chi connectivity index (χ0) is 26.4. The zero-order valence-corrected chi connectivity index (χ0v) is 22.0. The lowest BCUT2D eigenvalue weighted by Crippen LogP contribution is -2.32. The number of fused-ring (bicyclic) bond motifs is 2. The van der Waals surface area contributed by atoms with Gasteiger partial charge in [0.25, 0.3) is 0 Å². The Bertz CT molecular complexity index is 1430. The zero-order valence-electron chi connectivity index (χ0n) is 21.2. The summed E-state index contributed by atoms with van der Waals surface area (Å²) in [6, 6.07) is 15.5. The second kappa shape index (κ2) is 9.68. The number of hydrogen-bond donors (Lipinski definition) is 0. The van der Waals surface area contributed by atoms with Crippen molar-refractivity contribution in [2.75, 3.05) is 46.2 Å². The van der Waals surface area contributed by atoms with E-state index in [0.717, 1.165) is 34.5 Å². The van der Waals surface area contributed by atoms with Gasteiger partial charge >= 0.3 is 5.97 Å². The third kappa shape index (κ3) is 3.96. The molecule has 6 rings (SSSR count). The van der Waals surface area contributed by atoms with E-state index in [1.807, 2.05) is 48.5 Å². The van der Waals surface area contributed by atoms with Crippen LogP contribution in [0, 0.1) is 0 Å². The van der Waals surface area contributed by atoms with Gasteiger partial charge < -0.3 is 33.3 Å². The van der Waals surface area contributed by atoms with Crippen LogP contribution in [0.25, 0.3) is 0 Å².